The first-order chi connectivity index (χ1) is 13.0. The zero-order chi connectivity index (χ0) is 19.4. The fourth-order valence-corrected chi connectivity index (χ4v) is 4.92. The van der Waals surface area contributed by atoms with E-state index >= 15 is 0 Å². The van der Waals surface area contributed by atoms with E-state index in [1.807, 2.05) is 19.9 Å². The summed E-state index contributed by atoms with van der Waals surface area (Å²) < 4.78 is 26.6. The normalized spacial score (nSPS) is 15.4. The van der Waals surface area contributed by atoms with Gasteiger partial charge in [-0.2, -0.15) is 4.31 Å². The fourth-order valence-electron chi connectivity index (χ4n) is 3.52. The Balaban J connectivity index is 1.68. The summed E-state index contributed by atoms with van der Waals surface area (Å²) in [5.41, 5.74) is 2.57. The molecular weight excluding hydrogens is 360 g/mol. The van der Waals surface area contributed by atoms with Gasteiger partial charge < -0.3 is 9.80 Å². The minimum atomic E-state index is -3.45. The van der Waals surface area contributed by atoms with Crippen LogP contribution in [0.3, 0.4) is 0 Å². The van der Waals surface area contributed by atoms with E-state index in [-0.39, 0.29) is 4.90 Å². The Kier molecular flexibility index (Phi) is 6.01. The molecule has 0 N–H and O–H groups in total. The molecule has 1 aromatic heterocycles. The highest BCUT2D eigenvalue weighted by molar-refractivity contribution is 7.89. The molecule has 0 radical (unpaired) electrons. The van der Waals surface area contributed by atoms with Crippen molar-refractivity contribution in [3.8, 4) is 0 Å². The van der Waals surface area contributed by atoms with Gasteiger partial charge in [0.15, 0.2) is 0 Å². The maximum Gasteiger partial charge on any atom is 0.244 e. The van der Waals surface area contributed by atoms with E-state index in [1.165, 1.54) is 21.8 Å². The maximum atomic E-state index is 12.6. The van der Waals surface area contributed by atoms with Gasteiger partial charge in [-0.25, -0.2) is 13.4 Å². The van der Waals surface area contributed by atoms with Gasteiger partial charge in [0.1, 0.15) is 10.7 Å². The number of hydrogen-bond donors (Lipinski definition) is 0. The van der Waals surface area contributed by atoms with Gasteiger partial charge in [-0.05, 0) is 30.7 Å². The summed E-state index contributed by atoms with van der Waals surface area (Å²) in [4.78, 5) is 9.30. The van der Waals surface area contributed by atoms with Crippen molar-refractivity contribution in [3.63, 3.8) is 0 Å². The average Bonchev–Trinajstić information content (AvgIpc) is 2.69. The number of pyridine rings is 1. The largest absolute Gasteiger partial charge is 0.368 e. The number of sulfonamides is 1. The van der Waals surface area contributed by atoms with Crippen LogP contribution in [0, 0.1) is 6.92 Å². The first-order valence-corrected chi connectivity index (χ1v) is 10.9. The lowest BCUT2D eigenvalue weighted by Crippen LogP contribution is -2.47. The first kappa shape index (κ1) is 19.6. The summed E-state index contributed by atoms with van der Waals surface area (Å²) in [6.07, 6.45) is 1.48. The lowest BCUT2D eigenvalue weighted by molar-refractivity contribution is 0.445. The predicted octanol–water partition coefficient (Wildman–Crippen LogP) is 2.75. The molecule has 1 fully saturated rings. The molecular formula is C20H28N4O2S. The van der Waals surface area contributed by atoms with Crippen molar-refractivity contribution in [2.75, 3.05) is 49.1 Å². The summed E-state index contributed by atoms with van der Waals surface area (Å²) in [5.74, 6) is 0.831. The fraction of sp³-hybridized carbons (Fsp3) is 0.450. The molecule has 0 unspecified atom stereocenters. The lowest BCUT2D eigenvalue weighted by atomic mass is 10.1. The van der Waals surface area contributed by atoms with E-state index in [2.05, 4.69) is 46.0 Å². The minimum absolute atomic E-state index is 0.258. The second-order valence-corrected chi connectivity index (χ2v) is 8.64. The Morgan fingerprint density at radius 2 is 1.59 bits per heavy atom. The molecule has 0 spiro atoms. The SMILES string of the molecule is CCN(CC)S(=O)(=O)c1ccc(N2CCN(c3ccccc3C)CC2)nc1. The van der Waals surface area contributed by atoms with Crippen LogP contribution in [0.5, 0.6) is 0 Å². The molecule has 0 bridgehead atoms. The van der Waals surface area contributed by atoms with Crippen LogP contribution in [0.1, 0.15) is 19.4 Å². The molecule has 1 aliphatic rings. The molecule has 7 heteroatoms. The van der Waals surface area contributed by atoms with E-state index in [0.29, 0.717) is 13.1 Å². The van der Waals surface area contributed by atoms with Gasteiger partial charge in [0.05, 0.1) is 0 Å². The van der Waals surface area contributed by atoms with Crippen LogP contribution in [0.15, 0.2) is 47.5 Å². The predicted molar refractivity (Wildman–Crippen MR) is 110 cm³/mol. The highest BCUT2D eigenvalue weighted by atomic mass is 32.2. The number of aryl methyl sites for hydroxylation is 1. The molecule has 1 aliphatic heterocycles. The Labute approximate surface area is 162 Å². The van der Waals surface area contributed by atoms with Gasteiger partial charge in [0.2, 0.25) is 10.0 Å². The zero-order valence-electron chi connectivity index (χ0n) is 16.3. The molecule has 1 saturated heterocycles. The van der Waals surface area contributed by atoms with Crippen LogP contribution in [0.2, 0.25) is 0 Å². The third-order valence-electron chi connectivity index (χ3n) is 5.12. The summed E-state index contributed by atoms with van der Waals surface area (Å²) in [5, 5.41) is 0. The van der Waals surface area contributed by atoms with Gasteiger partial charge in [-0.1, -0.05) is 32.0 Å². The number of anilines is 2. The number of piperazine rings is 1. The van der Waals surface area contributed by atoms with E-state index in [4.69, 9.17) is 0 Å². The third-order valence-corrected chi connectivity index (χ3v) is 7.16. The van der Waals surface area contributed by atoms with Crippen LogP contribution >= 0.6 is 0 Å². The third kappa shape index (κ3) is 4.09. The first-order valence-electron chi connectivity index (χ1n) is 9.49. The van der Waals surface area contributed by atoms with Gasteiger partial charge in [-0.3, -0.25) is 0 Å². The van der Waals surface area contributed by atoms with Crippen LogP contribution in [0.4, 0.5) is 11.5 Å². The quantitative estimate of drug-likeness (QED) is 0.762. The smallest absolute Gasteiger partial charge is 0.244 e. The number of benzene rings is 1. The Morgan fingerprint density at radius 3 is 2.15 bits per heavy atom. The minimum Gasteiger partial charge on any atom is -0.368 e. The highest BCUT2D eigenvalue weighted by Gasteiger charge is 2.23. The van der Waals surface area contributed by atoms with Gasteiger partial charge in [0, 0.05) is 51.2 Å². The topological polar surface area (TPSA) is 56.8 Å². The van der Waals surface area contributed by atoms with Crippen molar-refractivity contribution < 1.29 is 8.42 Å². The molecule has 146 valence electrons. The summed E-state index contributed by atoms with van der Waals surface area (Å²) in [7, 11) is -3.45. The molecule has 0 atom stereocenters. The second-order valence-electron chi connectivity index (χ2n) is 6.70. The molecule has 27 heavy (non-hydrogen) atoms. The van der Waals surface area contributed by atoms with Gasteiger partial charge >= 0.3 is 0 Å². The standard InChI is InChI=1S/C20H28N4O2S/c1-4-24(5-2)27(25,26)18-10-11-20(21-16-18)23-14-12-22(13-15-23)19-9-7-6-8-17(19)3/h6-11,16H,4-5,12-15H2,1-3H3. The molecule has 2 heterocycles. The van der Waals surface area contributed by atoms with Crippen molar-refractivity contribution in [1.82, 2.24) is 9.29 Å². The van der Waals surface area contributed by atoms with Crippen LogP contribution in [-0.4, -0.2) is 57.0 Å². The number of aromatic nitrogens is 1. The molecule has 0 amide bonds. The summed E-state index contributed by atoms with van der Waals surface area (Å²) in [6, 6.07) is 11.9. The van der Waals surface area contributed by atoms with Crippen LogP contribution < -0.4 is 9.80 Å². The number of nitrogens with zero attached hydrogens (tertiary/aromatic N) is 4. The van der Waals surface area contributed by atoms with E-state index in [9.17, 15) is 8.42 Å². The van der Waals surface area contributed by atoms with Crippen molar-refractivity contribution in [2.45, 2.75) is 25.7 Å². The summed E-state index contributed by atoms with van der Waals surface area (Å²) >= 11 is 0. The van der Waals surface area contributed by atoms with Gasteiger partial charge in [-0.15, -0.1) is 0 Å². The van der Waals surface area contributed by atoms with E-state index in [0.717, 1.165) is 32.0 Å². The molecule has 2 aromatic rings. The molecule has 1 aromatic carbocycles. The number of para-hydroxylation sites is 1. The van der Waals surface area contributed by atoms with Crippen molar-refractivity contribution in [1.29, 1.82) is 0 Å². The number of hydrogen-bond acceptors (Lipinski definition) is 5. The van der Waals surface area contributed by atoms with Gasteiger partial charge in [0.25, 0.3) is 0 Å². The van der Waals surface area contributed by atoms with Crippen molar-refractivity contribution in [2.24, 2.45) is 0 Å². The van der Waals surface area contributed by atoms with Crippen molar-refractivity contribution in [3.05, 3.63) is 48.2 Å². The summed E-state index contributed by atoms with van der Waals surface area (Å²) in [6.45, 7) is 10.3. The van der Waals surface area contributed by atoms with E-state index < -0.39 is 10.0 Å². The van der Waals surface area contributed by atoms with E-state index in [1.54, 1.807) is 6.07 Å². The molecule has 3 rings (SSSR count). The Bertz CT molecular complexity index is 856. The maximum absolute atomic E-state index is 12.6. The van der Waals surface area contributed by atoms with Crippen molar-refractivity contribution >= 4 is 21.5 Å². The number of rotatable bonds is 6. The zero-order valence-corrected chi connectivity index (χ0v) is 17.1. The monoisotopic (exact) mass is 388 g/mol. The Morgan fingerprint density at radius 1 is 0.963 bits per heavy atom. The lowest BCUT2D eigenvalue weighted by Gasteiger charge is -2.37. The van der Waals surface area contributed by atoms with Crippen LogP contribution in [-0.2, 0) is 10.0 Å². The average molecular weight is 389 g/mol. The Hall–Kier alpha value is -2.12. The van der Waals surface area contributed by atoms with Crippen LogP contribution in [0.25, 0.3) is 0 Å². The molecule has 6 nitrogen and oxygen atoms in total. The molecule has 0 aliphatic carbocycles. The second kappa shape index (κ2) is 8.27. The highest BCUT2D eigenvalue weighted by Crippen LogP contribution is 2.23. The molecule has 0 saturated carbocycles.